The van der Waals surface area contributed by atoms with Gasteiger partial charge in [-0.1, -0.05) is 47.6 Å². The monoisotopic (exact) mass is 388 g/mol. The number of carbonyl (C=O) groups is 1. The number of rotatable bonds is 7. The molecule has 1 rings (SSSR count). The van der Waals surface area contributed by atoms with E-state index in [1.807, 2.05) is 65.0 Å². The van der Waals surface area contributed by atoms with Gasteiger partial charge in [-0.15, -0.1) is 0 Å². The minimum absolute atomic E-state index is 0.324. The topological polar surface area (TPSA) is 35.5 Å². The van der Waals surface area contributed by atoms with Crippen LogP contribution in [0.5, 0.6) is 5.75 Å². The number of methoxy groups -OCH3 is 1. The molecule has 0 amide bonds. The molecule has 0 spiro atoms. The third-order valence-electron chi connectivity index (χ3n) is 4.28. The molecule has 1 aromatic carbocycles. The average molecular weight is 389 g/mol. The van der Waals surface area contributed by atoms with Crippen molar-refractivity contribution in [1.29, 1.82) is 0 Å². The highest BCUT2D eigenvalue weighted by molar-refractivity contribution is 6.33. The number of halogens is 1. The fourth-order valence-electron chi connectivity index (χ4n) is 2.66. The van der Waals surface area contributed by atoms with Crippen molar-refractivity contribution in [2.24, 2.45) is 0 Å². The SMILES string of the molecule is CCOC(=O)C=C(C)C=CC=C(C)C=Cc1c(C)c(C)c(OC)c(C)c1Cl. The molecule has 0 radical (unpaired) electrons. The van der Waals surface area contributed by atoms with Crippen LogP contribution in [0.25, 0.3) is 6.08 Å². The van der Waals surface area contributed by atoms with E-state index in [1.165, 1.54) is 6.08 Å². The minimum atomic E-state index is -0.324. The van der Waals surface area contributed by atoms with Gasteiger partial charge in [0.1, 0.15) is 5.75 Å². The zero-order valence-corrected chi connectivity index (χ0v) is 18.0. The Morgan fingerprint density at radius 1 is 1.04 bits per heavy atom. The zero-order valence-electron chi connectivity index (χ0n) is 17.3. The van der Waals surface area contributed by atoms with Gasteiger partial charge in [-0.2, -0.15) is 0 Å². The molecule has 0 unspecified atom stereocenters. The normalized spacial score (nSPS) is 12.9. The van der Waals surface area contributed by atoms with Gasteiger partial charge in [0.2, 0.25) is 0 Å². The largest absolute Gasteiger partial charge is 0.496 e. The fourth-order valence-corrected chi connectivity index (χ4v) is 2.95. The van der Waals surface area contributed by atoms with Crippen molar-refractivity contribution >= 4 is 23.6 Å². The molecule has 0 fully saturated rings. The first-order valence-electron chi connectivity index (χ1n) is 8.94. The predicted octanol–water partition coefficient (Wildman–Crippen LogP) is 6.30. The molecule has 0 heterocycles. The molecular formula is C23H29ClO3. The Morgan fingerprint density at radius 3 is 2.30 bits per heavy atom. The van der Waals surface area contributed by atoms with Gasteiger partial charge in [-0.3, -0.25) is 0 Å². The van der Waals surface area contributed by atoms with Crippen LogP contribution in [0.1, 0.15) is 43.0 Å². The van der Waals surface area contributed by atoms with E-state index in [9.17, 15) is 4.79 Å². The standard InChI is InChI=1S/C23H29ClO3/c1-8-27-21(25)14-16(3)11-9-10-15(2)12-13-20-17(4)18(5)23(26-7)19(6)22(20)24/h9-14H,8H2,1-7H3. The summed E-state index contributed by atoms with van der Waals surface area (Å²) in [5, 5.41) is 0.711. The second-order valence-corrected chi connectivity index (χ2v) is 6.76. The summed E-state index contributed by atoms with van der Waals surface area (Å²) >= 11 is 6.54. The minimum Gasteiger partial charge on any atom is -0.496 e. The average Bonchev–Trinajstić information content (AvgIpc) is 2.60. The quantitative estimate of drug-likeness (QED) is 0.312. The van der Waals surface area contributed by atoms with E-state index < -0.39 is 0 Å². The lowest BCUT2D eigenvalue weighted by Crippen LogP contribution is -1.99. The molecule has 0 aromatic heterocycles. The smallest absolute Gasteiger partial charge is 0.330 e. The molecule has 0 atom stereocenters. The summed E-state index contributed by atoms with van der Waals surface area (Å²) in [6.45, 7) is 12.1. The number of hydrogen-bond acceptors (Lipinski definition) is 3. The Balaban J connectivity index is 2.99. The summed E-state index contributed by atoms with van der Waals surface area (Å²) in [6.07, 6.45) is 11.3. The van der Waals surface area contributed by atoms with Gasteiger partial charge in [0.25, 0.3) is 0 Å². The maximum absolute atomic E-state index is 11.4. The van der Waals surface area contributed by atoms with Crippen molar-refractivity contribution in [3.8, 4) is 5.75 Å². The Labute approximate surface area is 168 Å². The molecule has 0 saturated carbocycles. The van der Waals surface area contributed by atoms with Crippen molar-refractivity contribution in [3.63, 3.8) is 0 Å². The van der Waals surface area contributed by atoms with Crippen LogP contribution in [-0.4, -0.2) is 19.7 Å². The molecule has 27 heavy (non-hydrogen) atoms. The van der Waals surface area contributed by atoms with Gasteiger partial charge in [0.05, 0.1) is 18.7 Å². The van der Waals surface area contributed by atoms with E-state index in [0.717, 1.165) is 39.1 Å². The maximum atomic E-state index is 11.4. The van der Waals surface area contributed by atoms with Crippen LogP contribution in [0.3, 0.4) is 0 Å². The molecule has 0 aliphatic rings. The van der Waals surface area contributed by atoms with Crippen molar-refractivity contribution in [2.45, 2.75) is 41.5 Å². The van der Waals surface area contributed by atoms with E-state index in [0.29, 0.717) is 11.6 Å². The first-order valence-corrected chi connectivity index (χ1v) is 9.32. The highest BCUT2D eigenvalue weighted by atomic mass is 35.5. The summed E-state index contributed by atoms with van der Waals surface area (Å²) in [4.78, 5) is 11.4. The van der Waals surface area contributed by atoms with Crippen LogP contribution in [0.2, 0.25) is 5.02 Å². The first-order chi connectivity index (χ1) is 12.7. The lowest BCUT2D eigenvalue weighted by molar-refractivity contribution is -0.137. The number of esters is 1. The molecule has 0 bridgehead atoms. The van der Waals surface area contributed by atoms with Crippen LogP contribution in [0.15, 0.2) is 41.5 Å². The predicted molar refractivity (Wildman–Crippen MR) is 115 cm³/mol. The van der Waals surface area contributed by atoms with Gasteiger partial charge in [0.15, 0.2) is 0 Å². The molecule has 4 heteroatoms. The number of hydrogen-bond donors (Lipinski definition) is 0. The van der Waals surface area contributed by atoms with Crippen LogP contribution >= 0.6 is 11.6 Å². The van der Waals surface area contributed by atoms with Gasteiger partial charge in [-0.25, -0.2) is 4.79 Å². The van der Waals surface area contributed by atoms with Crippen LogP contribution in [0.4, 0.5) is 0 Å². The van der Waals surface area contributed by atoms with E-state index in [-0.39, 0.29) is 5.97 Å². The summed E-state index contributed by atoms with van der Waals surface area (Å²) < 4.78 is 10.4. The highest BCUT2D eigenvalue weighted by Gasteiger charge is 2.14. The van der Waals surface area contributed by atoms with Gasteiger partial charge in [0, 0.05) is 11.6 Å². The second kappa shape index (κ2) is 10.8. The van der Waals surface area contributed by atoms with Gasteiger partial charge in [-0.05, 0) is 63.8 Å². The zero-order chi connectivity index (χ0) is 20.6. The number of carbonyl (C=O) groups excluding carboxylic acids is 1. The van der Waals surface area contributed by atoms with E-state index >= 15 is 0 Å². The summed E-state index contributed by atoms with van der Waals surface area (Å²) in [5.74, 6) is 0.518. The van der Waals surface area contributed by atoms with Crippen LogP contribution < -0.4 is 4.74 Å². The second-order valence-electron chi connectivity index (χ2n) is 6.38. The Morgan fingerprint density at radius 2 is 1.70 bits per heavy atom. The highest BCUT2D eigenvalue weighted by Crippen LogP contribution is 2.36. The summed E-state index contributed by atoms with van der Waals surface area (Å²) in [6, 6.07) is 0. The lowest BCUT2D eigenvalue weighted by atomic mass is 9.97. The molecule has 146 valence electrons. The first kappa shape index (κ1) is 22.8. The summed E-state index contributed by atoms with van der Waals surface area (Å²) in [7, 11) is 1.66. The summed E-state index contributed by atoms with van der Waals surface area (Å²) in [5.41, 5.74) is 6.06. The number of ether oxygens (including phenoxy) is 2. The molecule has 0 aliphatic carbocycles. The number of allylic oxidation sites excluding steroid dienone is 6. The van der Waals surface area contributed by atoms with Crippen molar-refractivity contribution in [3.05, 3.63) is 68.8 Å². The van der Waals surface area contributed by atoms with E-state index in [1.54, 1.807) is 14.0 Å². The van der Waals surface area contributed by atoms with Gasteiger partial charge >= 0.3 is 5.97 Å². The fraction of sp³-hybridized carbons (Fsp3) is 0.348. The van der Waals surface area contributed by atoms with Crippen molar-refractivity contribution in [2.75, 3.05) is 13.7 Å². The molecule has 0 N–H and O–H groups in total. The van der Waals surface area contributed by atoms with Crippen LogP contribution in [0, 0.1) is 20.8 Å². The lowest BCUT2D eigenvalue weighted by Gasteiger charge is -2.16. The third-order valence-corrected chi connectivity index (χ3v) is 4.77. The van der Waals surface area contributed by atoms with Crippen LogP contribution in [-0.2, 0) is 9.53 Å². The van der Waals surface area contributed by atoms with E-state index in [2.05, 4.69) is 0 Å². The molecule has 3 nitrogen and oxygen atoms in total. The van der Waals surface area contributed by atoms with Crippen molar-refractivity contribution < 1.29 is 14.3 Å². The molecule has 1 aromatic rings. The Bertz CT molecular complexity index is 782. The van der Waals surface area contributed by atoms with Crippen molar-refractivity contribution in [1.82, 2.24) is 0 Å². The van der Waals surface area contributed by atoms with Gasteiger partial charge < -0.3 is 9.47 Å². The maximum Gasteiger partial charge on any atom is 0.330 e. The molecule has 0 saturated heterocycles. The molecule has 0 aliphatic heterocycles. The third kappa shape index (κ3) is 6.44. The molecular weight excluding hydrogens is 360 g/mol. The number of benzene rings is 1. The Kier molecular flexibility index (Phi) is 9.10. The Hall–Kier alpha value is -2.26. The van der Waals surface area contributed by atoms with E-state index in [4.69, 9.17) is 21.1 Å².